The zero-order chi connectivity index (χ0) is 18.0. The summed E-state index contributed by atoms with van der Waals surface area (Å²) in [5.74, 6) is -0.252. The number of rotatable bonds is 5. The van der Waals surface area contributed by atoms with E-state index in [9.17, 15) is 9.59 Å². The Morgan fingerprint density at radius 1 is 1.00 bits per heavy atom. The molecule has 0 amide bonds. The molecule has 0 fully saturated rings. The first kappa shape index (κ1) is 17.9. The molecule has 0 atom stereocenters. The maximum Gasteiger partial charge on any atom is 0.422 e. The van der Waals surface area contributed by atoms with E-state index < -0.39 is 11.4 Å². The number of aromatic nitrogens is 1. The molecule has 0 spiro atoms. The highest BCUT2D eigenvalue weighted by Gasteiger charge is 2.10. The number of halogens is 3. The summed E-state index contributed by atoms with van der Waals surface area (Å²) in [4.78, 5) is 23.8. The number of benzene rings is 2. The van der Waals surface area contributed by atoms with Gasteiger partial charge in [0, 0.05) is 22.7 Å². The Balaban J connectivity index is 1.76. The van der Waals surface area contributed by atoms with E-state index in [1.54, 1.807) is 30.3 Å². The summed E-state index contributed by atoms with van der Waals surface area (Å²) < 4.78 is 11.7. The van der Waals surface area contributed by atoms with Gasteiger partial charge in [-0.15, -0.1) is 0 Å². The van der Waals surface area contributed by atoms with Crippen LogP contribution in [0.5, 0.6) is 5.75 Å². The molecule has 0 radical (unpaired) electrons. The van der Waals surface area contributed by atoms with Gasteiger partial charge >= 0.3 is 11.4 Å². The van der Waals surface area contributed by atoms with Gasteiger partial charge in [-0.05, 0) is 36.8 Å². The molecule has 2 aromatic carbocycles. The predicted molar refractivity (Wildman–Crippen MR) is 98.3 cm³/mol. The fraction of sp³-hybridized carbons (Fsp3) is 0.176. The monoisotopic (exact) mass is 399 g/mol. The molecule has 8 heteroatoms. The normalized spacial score (nSPS) is 11.0. The Morgan fingerprint density at radius 3 is 2.52 bits per heavy atom. The van der Waals surface area contributed by atoms with Crippen LogP contribution in [0.2, 0.25) is 15.1 Å². The third kappa shape index (κ3) is 4.00. The van der Waals surface area contributed by atoms with Gasteiger partial charge in [0.1, 0.15) is 5.75 Å². The van der Waals surface area contributed by atoms with Gasteiger partial charge in [0.2, 0.25) is 0 Å². The summed E-state index contributed by atoms with van der Waals surface area (Å²) in [5, 5.41) is 1.62. The van der Waals surface area contributed by atoms with E-state index in [1.165, 1.54) is 10.6 Å². The van der Waals surface area contributed by atoms with Crippen molar-refractivity contribution < 1.29 is 9.15 Å². The van der Waals surface area contributed by atoms with Gasteiger partial charge in [0.05, 0.1) is 22.5 Å². The molecule has 0 saturated carbocycles. The second kappa shape index (κ2) is 7.52. The van der Waals surface area contributed by atoms with Gasteiger partial charge in [0.15, 0.2) is 0 Å². The highest BCUT2D eigenvalue weighted by Crippen LogP contribution is 2.27. The molecule has 0 N–H and O–H groups in total. The van der Waals surface area contributed by atoms with Crippen molar-refractivity contribution in [1.29, 1.82) is 0 Å². The SMILES string of the molecule is O=c1oc(=O)n(CCCOc2cc(Cl)ccc2Cl)c2ccc(Cl)cc12. The quantitative estimate of drug-likeness (QED) is 0.596. The van der Waals surface area contributed by atoms with E-state index in [4.69, 9.17) is 44.0 Å². The molecule has 5 nitrogen and oxygen atoms in total. The molecular weight excluding hydrogens is 389 g/mol. The van der Waals surface area contributed by atoms with Gasteiger partial charge in [0.25, 0.3) is 0 Å². The van der Waals surface area contributed by atoms with Gasteiger partial charge in [-0.25, -0.2) is 9.59 Å². The van der Waals surface area contributed by atoms with Crippen LogP contribution < -0.4 is 16.1 Å². The average Bonchev–Trinajstić information content (AvgIpc) is 2.57. The minimum absolute atomic E-state index is 0.255. The van der Waals surface area contributed by atoms with Crippen LogP contribution in [0, 0.1) is 0 Å². The summed E-state index contributed by atoms with van der Waals surface area (Å²) >= 11 is 17.8. The van der Waals surface area contributed by atoms with Gasteiger partial charge < -0.3 is 9.15 Å². The van der Waals surface area contributed by atoms with Gasteiger partial charge in [-0.3, -0.25) is 4.57 Å². The second-order valence-electron chi connectivity index (χ2n) is 5.25. The van der Waals surface area contributed by atoms with Crippen LogP contribution in [0.3, 0.4) is 0 Å². The van der Waals surface area contributed by atoms with Crippen molar-refractivity contribution in [3.05, 3.63) is 72.4 Å². The zero-order valence-electron chi connectivity index (χ0n) is 12.8. The molecule has 1 heterocycles. The first-order chi connectivity index (χ1) is 12.0. The van der Waals surface area contributed by atoms with Crippen molar-refractivity contribution in [3.63, 3.8) is 0 Å². The molecule has 0 aliphatic rings. The summed E-state index contributed by atoms with van der Waals surface area (Å²) in [6, 6.07) is 9.63. The molecule has 0 aliphatic carbocycles. The molecule has 0 unspecified atom stereocenters. The number of hydrogen-bond acceptors (Lipinski definition) is 4. The summed E-state index contributed by atoms with van der Waals surface area (Å²) in [7, 11) is 0. The fourth-order valence-electron chi connectivity index (χ4n) is 2.40. The third-order valence-corrected chi connectivity index (χ3v) is 4.33. The van der Waals surface area contributed by atoms with Crippen LogP contribution in [0.1, 0.15) is 6.42 Å². The van der Waals surface area contributed by atoms with Crippen LogP contribution in [-0.4, -0.2) is 11.2 Å². The lowest BCUT2D eigenvalue weighted by molar-refractivity contribution is 0.297. The van der Waals surface area contributed by atoms with Crippen molar-refractivity contribution in [3.8, 4) is 5.75 Å². The highest BCUT2D eigenvalue weighted by molar-refractivity contribution is 6.34. The van der Waals surface area contributed by atoms with E-state index in [2.05, 4.69) is 0 Å². The highest BCUT2D eigenvalue weighted by atomic mass is 35.5. The summed E-state index contributed by atoms with van der Waals surface area (Å²) in [6.07, 6.45) is 0.494. The molecule has 0 bridgehead atoms. The molecule has 3 rings (SSSR count). The van der Waals surface area contributed by atoms with Crippen molar-refractivity contribution in [1.82, 2.24) is 4.57 Å². The summed E-state index contributed by atoms with van der Waals surface area (Å²) in [6.45, 7) is 0.611. The van der Waals surface area contributed by atoms with E-state index in [-0.39, 0.29) is 5.39 Å². The minimum Gasteiger partial charge on any atom is -0.492 e. The van der Waals surface area contributed by atoms with Gasteiger partial charge in [-0.1, -0.05) is 34.8 Å². The van der Waals surface area contributed by atoms with Crippen LogP contribution >= 0.6 is 34.8 Å². The summed E-state index contributed by atoms with van der Waals surface area (Å²) in [5.41, 5.74) is -0.243. The first-order valence-corrected chi connectivity index (χ1v) is 8.50. The number of nitrogens with zero attached hydrogens (tertiary/aromatic N) is 1. The second-order valence-corrected chi connectivity index (χ2v) is 6.53. The lowest BCUT2D eigenvalue weighted by Crippen LogP contribution is -2.25. The topological polar surface area (TPSA) is 61.4 Å². The molecule has 1 aromatic heterocycles. The maximum atomic E-state index is 12.0. The fourth-order valence-corrected chi connectivity index (χ4v) is 2.91. The largest absolute Gasteiger partial charge is 0.492 e. The van der Waals surface area contributed by atoms with Crippen LogP contribution in [0.4, 0.5) is 0 Å². The predicted octanol–water partition coefficient (Wildman–Crippen LogP) is 4.38. The van der Waals surface area contributed by atoms with E-state index in [0.717, 1.165) is 0 Å². The van der Waals surface area contributed by atoms with E-state index in [1.807, 2.05) is 0 Å². The van der Waals surface area contributed by atoms with Crippen LogP contribution in [-0.2, 0) is 6.54 Å². The standard InChI is InChI=1S/C17H12Cl3NO4/c18-10-3-5-14-12(8-10)16(22)25-17(23)21(14)6-1-7-24-15-9-11(19)2-4-13(15)20/h2-5,8-9H,1,6-7H2. The zero-order valence-corrected chi connectivity index (χ0v) is 15.1. The first-order valence-electron chi connectivity index (χ1n) is 7.37. The van der Waals surface area contributed by atoms with Crippen molar-refractivity contribution in [2.75, 3.05) is 6.61 Å². The molecule has 25 heavy (non-hydrogen) atoms. The minimum atomic E-state index is -0.722. The number of ether oxygens (including phenoxy) is 1. The smallest absolute Gasteiger partial charge is 0.422 e. The average molecular weight is 401 g/mol. The molecule has 0 aliphatic heterocycles. The lowest BCUT2D eigenvalue weighted by Gasteiger charge is -2.10. The molecule has 3 aromatic rings. The van der Waals surface area contributed by atoms with Gasteiger partial charge in [-0.2, -0.15) is 0 Å². The van der Waals surface area contributed by atoms with E-state index >= 15 is 0 Å². The van der Waals surface area contributed by atoms with Crippen molar-refractivity contribution in [2.24, 2.45) is 0 Å². The molecular formula is C17H12Cl3NO4. The Hall–Kier alpha value is -1.95. The lowest BCUT2D eigenvalue weighted by atomic mass is 10.2. The Morgan fingerprint density at radius 2 is 1.72 bits per heavy atom. The van der Waals surface area contributed by atoms with Crippen molar-refractivity contribution in [2.45, 2.75) is 13.0 Å². The molecule has 130 valence electrons. The van der Waals surface area contributed by atoms with Crippen molar-refractivity contribution >= 4 is 45.7 Å². The van der Waals surface area contributed by atoms with E-state index in [0.29, 0.717) is 45.9 Å². The Labute approximate surface area is 157 Å². The number of fused-ring (bicyclic) bond motifs is 1. The third-order valence-electron chi connectivity index (χ3n) is 3.55. The molecule has 0 saturated heterocycles. The van der Waals surface area contributed by atoms with Crippen LogP contribution in [0.25, 0.3) is 10.9 Å². The maximum absolute atomic E-state index is 12.0. The Kier molecular flexibility index (Phi) is 5.37. The van der Waals surface area contributed by atoms with Crippen LogP contribution in [0.15, 0.2) is 50.4 Å². The Bertz CT molecular complexity index is 1040. The number of aryl methyl sites for hydroxylation is 1. The number of hydrogen-bond donors (Lipinski definition) is 0.